The number of halogens is 2. The van der Waals surface area contributed by atoms with Crippen molar-refractivity contribution in [3.63, 3.8) is 0 Å². The van der Waals surface area contributed by atoms with Gasteiger partial charge in [-0.1, -0.05) is 6.42 Å². The zero-order chi connectivity index (χ0) is 14.0. The zero-order valence-electron chi connectivity index (χ0n) is 10.4. The van der Waals surface area contributed by atoms with Crippen LogP contribution in [0.15, 0.2) is 12.1 Å². The summed E-state index contributed by atoms with van der Waals surface area (Å²) in [7, 11) is -3.84. The summed E-state index contributed by atoms with van der Waals surface area (Å²) < 4.78 is 53.7. The van der Waals surface area contributed by atoms with E-state index in [1.807, 2.05) is 0 Å². The molecule has 8 heteroatoms. The fourth-order valence-electron chi connectivity index (χ4n) is 2.11. The van der Waals surface area contributed by atoms with Gasteiger partial charge in [-0.15, -0.1) is 0 Å². The van der Waals surface area contributed by atoms with Gasteiger partial charge in [0.2, 0.25) is 11.9 Å². The number of rotatable bonds is 3. The number of pyridine rings is 1. The van der Waals surface area contributed by atoms with E-state index in [2.05, 4.69) is 9.71 Å². The average molecular weight is 291 g/mol. The summed E-state index contributed by atoms with van der Waals surface area (Å²) in [5, 5.41) is 0. The number of anilines is 1. The maximum absolute atomic E-state index is 13.3. The Morgan fingerprint density at radius 3 is 2.74 bits per heavy atom. The van der Waals surface area contributed by atoms with Crippen molar-refractivity contribution in [1.29, 1.82) is 0 Å². The van der Waals surface area contributed by atoms with Crippen molar-refractivity contribution in [2.75, 3.05) is 11.3 Å². The Bertz CT molecular complexity index is 565. The molecule has 1 aliphatic heterocycles. The van der Waals surface area contributed by atoms with Crippen LogP contribution in [-0.4, -0.2) is 30.3 Å². The van der Waals surface area contributed by atoms with E-state index in [9.17, 15) is 17.2 Å². The number of nitrogens with zero attached hydrogens (tertiary/aromatic N) is 2. The van der Waals surface area contributed by atoms with Gasteiger partial charge >= 0.3 is 10.2 Å². The van der Waals surface area contributed by atoms with Crippen LogP contribution >= 0.6 is 0 Å². The Morgan fingerprint density at radius 1 is 1.37 bits per heavy atom. The molecule has 1 N–H and O–H groups in total. The molecule has 5 nitrogen and oxygen atoms in total. The molecule has 1 aromatic heterocycles. The molecule has 1 atom stereocenters. The van der Waals surface area contributed by atoms with Crippen LogP contribution in [0.4, 0.5) is 14.5 Å². The topological polar surface area (TPSA) is 62.3 Å². The van der Waals surface area contributed by atoms with E-state index >= 15 is 0 Å². The molecule has 1 aliphatic rings. The quantitative estimate of drug-likeness (QED) is 0.865. The second kappa shape index (κ2) is 5.38. The average Bonchev–Trinajstić information content (AvgIpc) is 2.33. The largest absolute Gasteiger partial charge is 0.302 e. The predicted molar refractivity (Wildman–Crippen MR) is 66.7 cm³/mol. The smallest absolute Gasteiger partial charge is 0.266 e. The number of nitrogens with one attached hydrogen (secondary N) is 1. The molecular formula is C11H15F2N3O2S. The Kier molecular flexibility index (Phi) is 4.00. The van der Waals surface area contributed by atoms with Crippen molar-refractivity contribution in [3.8, 4) is 0 Å². The molecular weight excluding hydrogens is 276 g/mol. The monoisotopic (exact) mass is 291 g/mol. The lowest BCUT2D eigenvalue weighted by Crippen LogP contribution is -2.45. The summed E-state index contributed by atoms with van der Waals surface area (Å²) in [6.45, 7) is 2.20. The molecule has 0 bridgehead atoms. The van der Waals surface area contributed by atoms with E-state index in [-0.39, 0.29) is 11.7 Å². The molecule has 0 amide bonds. The molecule has 1 saturated heterocycles. The molecule has 106 valence electrons. The van der Waals surface area contributed by atoms with E-state index < -0.39 is 22.1 Å². The Morgan fingerprint density at radius 2 is 2.11 bits per heavy atom. The van der Waals surface area contributed by atoms with Gasteiger partial charge in [0.15, 0.2) is 0 Å². The predicted octanol–water partition coefficient (Wildman–Crippen LogP) is 1.89. The molecule has 1 aromatic rings. The Labute approximate surface area is 110 Å². The normalized spacial score (nSPS) is 21.3. The van der Waals surface area contributed by atoms with Gasteiger partial charge in [-0.3, -0.25) is 4.72 Å². The Balaban J connectivity index is 2.20. The second-order valence-corrected chi connectivity index (χ2v) is 6.16. The third-order valence-electron chi connectivity index (χ3n) is 3.10. The van der Waals surface area contributed by atoms with Gasteiger partial charge in [0.25, 0.3) is 0 Å². The van der Waals surface area contributed by atoms with Crippen LogP contribution in [0.1, 0.15) is 26.2 Å². The van der Waals surface area contributed by atoms with Gasteiger partial charge in [-0.25, -0.2) is 0 Å². The van der Waals surface area contributed by atoms with Gasteiger partial charge in [-0.05, 0) is 31.9 Å². The summed E-state index contributed by atoms with van der Waals surface area (Å²) in [6, 6.07) is 1.78. The minimum atomic E-state index is -3.84. The number of piperidine rings is 1. The zero-order valence-corrected chi connectivity index (χ0v) is 11.3. The van der Waals surface area contributed by atoms with Crippen LogP contribution in [0.2, 0.25) is 0 Å². The van der Waals surface area contributed by atoms with Crippen molar-refractivity contribution in [2.45, 2.75) is 32.2 Å². The van der Waals surface area contributed by atoms with Crippen molar-refractivity contribution >= 4 is 15.9 Å². The number of hydrogen-bond acceptors (Lipinski definition) is 3. The SMILES string of the molecule is CC1CCCCN1S(=O)(=O)Nc1ccc(F)nc1F. The lowest BCUT2D eigenvalue weighted by atomic mass is 10.1. The van der Waals surface area contributed by atoms with Crippen molar-refractivity contribution < 1.29 is 17.2 Å². The minimum Gasteiger partial charge on any atom is -0.266 e. The van der Waals surface area contributed by atoms with Gasteiger partial charge in [-0.2, -0.15) is 26.5 Å². The minimum absolute atomic E-state index is 0.136. The highest BCUT2D eigenvalue weighted by molar-refractivity contribution is 7.90. The van der Waals surface area contributed by atoms with E-state index in [1.165, 1.54) is 4.31 Å². The summed E-state index contributed by atoms with van der Waals surface area (Å²) in [5.74, 6) is -2.17. The first-order valence-corrected chi connectivity index (χ1v) is 7.46. The molecule has 0 aromatic carbocycles. The van der Waals surface area contributed by atoms with Gasteiger partial charge in [0.05, 0.1) is 0 Å². The summed E-state index contributed by atoms with van der Waals surface area (Å²) in [5.41, 5.74) is -0.348. The first-order valence-electron chi connectivity index (χ1n) is 6.02. The first-order chi connectivity index (χ1) is 8.90. The highest BCUT2D eigenvalue weighted by Gasteiger charge is 2.30. The van der Waals surface area contributed by atoms with Crippen LogP contribution in [-0.2, 0) is 10.2 Å². The highest BCUT2D eigenvalue weighted by Crippen LogP contribution is 2.22. The van der Waals surface area contributed by atoms with Crippen molar-refractivity contribution in [1.82, 2.24) is 9.29 Å². The van der Waals surface area contributed by atoms with Gasteiger partial charge in [0.1, 0.15) is 5.69 Å². The summed E-state index contributed by atoms with van der Waals surface area (Å²) in [4.78, 5) is 2.94. The maximum Gasteiger partial charge on any atom is 0.302 e. The molecule has 0 saturated carbocycles. The maximum atomic E-state index is 13.3. The first kappa shape index (κ1) is 14.1. The van der Waals surface area contributed by atoms with Crippen LogP contribution in [0.5, 0.6) is 0 Å². The highest BCUT2D eigenvalue weighted by atomic mass is 32.2. The van der Waals surface area contributed by atoms with E-state index in [1.54, 1.807) is 6.92 Å². The molecule has 0 aliphatic carbocycles. The third-order valence-corrected chi connectivity index (χ3v) is 4.74. The standard InChI is InChI=1S/C11H15F2N3O2S/c1-8-4-2-3-7-16(8)19(17,18)15-9-5-6-10(12)14-11(9)13/h5-6,8,15H,2-4,7H2,1H3. The number of aromatic nitrogens is 1. The van der Waals surface area contributed by atoms with Crippen molar-refractivity contribution in [3.05, 3.63) is 24.0 Å². The van der Waals surface area contributed by atoms with Gasteiger partial charge < -0.3 is 0 Å². The van der Waals surface area contributed by atoms with Crippen LogP contribution in [0.3, 0.4) is 0 Å². The molecule has 2 rings (SSSR count). The number of hydrogen-bond donors (Lipinski definition) is 1. The van der Waals surface area contributed by atoms with Gasteiger partial charge in [0, 0.05) is 12.6 Å². The fraction of sp³-hybridized carbons (Fsp3) is 0.545. The molecule has 19 heavy (non-hydrogen) atoms. The second-order valence-electron chi connectivity index (χ2n) is 4.53. The van der Waals surface area contributed by atoms with Crippen LogP contribution in [0, 0.1) is 11.9 Å². The molecule has 2 heterocycles. The third kappa shape index (κ3) is 3.19. The van der Waals surface area contributed by atoms with E-state index in [0.717, 1.165) is 31.4 Å². The molecule has 1 unspecified atom stereocenters. The lowest BCUT2D eigenvalue weighted by molar-refractivity contribution is 0.270. The lowest BCUT2D eigenvalue weighted by Gasteiger charge is -2.32. The fourth-order valence-corrected chi connectivity index (χ4v) is 3.61. The Hall–Kier alpha value is -1.28. The van der Waals surface area contributed by atoms with Crippen molar-refractivity contribution in [2.24, 2.45) is 0 Å². The molecule has 0 radical (unpaired) electrons. The summed E-state index contributed by atoms with van der Waals surface area (Å²) >= 11 is 0. The summed E-state index contributed by atoms with van der Waals surface area (Å²) in [6.07, 6.45) is 2.51. The van der Waals surface area contributed by atoms with Crippen LogP contribution in [0.25, 0.3) is 0 Å². The van der Waals surface area contributed by atoms with E-state index in [4.69, 9.17) is 0 Å². The molecule has 0 spiro atoms. The molecule has 1 fully saturated rings. The van der Waals surface area contributed by atoms with Crippen LogP contribution < -0.4 is 4.72 Å². The van der Waals surface area contributed by atoms with E-state index in [0.29, 0.717) is 6.54 Å².